The molecule has 1 aliphatic rings. The zero-order valence-corrected chi connectivity index (χ0v) is 12.8. The molecule has 1 N–H and O–H groups in total. The normalized spacial score (nSPS) is 16.3. The van der Waals surface area contributed by atoms with Gasteiger partial charge in [0.1, 0.15) is 12.4 Å². The van der Waals surface area contributed by atoms with Crippen molar-refractivity contribution in [1.82, 2.24) is 9.80 Å². The first kappa shape index (κ1) is 18.2. The molecule has 0 aromatic heterocycles. The summed E-state index contributed by atoms with van der Waals surface area (Å²) in [5.41, 5.74) is 0.325. The number of piperazine rings is 1. The summed E-state index contributed by atoms with van der Waals surface area (Å²) < 4.78 is 49.9. The molecule has 1 fully saturated rings. The third kappa shape index (κ3) is 5.80. The summed E-state index contributed by atoms with van der Waals surface area (Å²) in [6, 6.07) is 5.43. The van der Waals surface area contributed by atoms with Crippen LogP contribution in [0.4, 0.5) is 23.2 Å². The molecule has 9 heteroatoms. The Hall–Kier alpha value is -2.16. The number of alkyl halides is 3. The van der Waals surface area contributed by atoms with Crippen molar-refractivity contribution in [3.63, 3.8) is 0 Å². The molecule has 0 bridgehead atoms. The predicted molar refractivity (Wildman–Crippen MR) is 78.7 cm³/mol. The number of hydrogen-bond acceptors (Lipinski definition) is 3. The zero-order chi connectivity index (χ0) is 17.7. The highest BCUT2D eigenvalue weighted by atomic mass is 19.4. The van der Waals surface area contributed by atoms with Crippen molar-refractivity contribution in [3.8, 4) is 0 Å². The first-order valence-electron chi connectivity index (χ1n) is 7.35. The highest BCUT2D eigenvalue weighted by Crippen LogP contribution is 2.18. The summed E-state index contributed by atoms with van der Waals surface area (Å²) >= 11 is 0. The summed E-state index contributed by atoms with van der Waals surface area (Å²) in [5, 5.41) is 2.52. The molecule has 0 unspecified atom stereocenters. The fourth-order valence-electron chi connectivity index (χ4n) is 2.38. The van der Waals surface area contributed by atoms with Crippen LogP contribution in [0.15, 0.2) is 24.3 Å². The Labute approximate surface area is 136 Å². The van der Waals surface area contributed by atoms with Crippen LogP contribution in [-0.2, 0) is 9.59 Å². The zero-order valence-electron chi connectivity index (χ0n) is 12.8. The van der Waals surface area contributed by atoms with Gasteiger partial charge in [-0.1, -0.05) is 6.07 Å². The van der Waals surface area contributed by atoms with Gasteiger partial charge in [0.05, 0.1) is 6.54 Å². The first-order valence-corrected chi connectivity index (χ1v) is 7.35. The second-order valence-electron chi connectivity index (χ2n) is 5.52. The molecule has 1 aromatic rings. The van der Waals surface area contributed by atoms with E-state index in [1.165, 1.54) is 18.2 Å². The van der Waals surface area contributed by atoms with E-state index in [0.717, 1.165) is 4.90 Å². The van der Waals surface area contributed by atoms with Gasteiger partial charge >= 0.3 is 6.18 Å². The van der Waals surface area contributed by atoms with Crippen molar-refractivity contribution in [2.45, 2.75) is 12.6 Å². The van der Waals surface area contributed by atoms with Crippen LogP contribution in [0.1, 0.15) is 6.42 Å². The topological polar surface area (TPSA) is 52.7 Å². The summed E-state index contributed by atoms with van der Waals surface area (Å²) in [4.78, 5) is 25.9. The van der Waals surface area contributed by atoms with Gasteiger partial charge in [-0.15, -0.1) is 0 Å². The number of anilines is 1. The molecule has 0 saturated carbocycles. The third-order valence-corrected chi connectivity index (χ3v) is 3.53. The molecule has 132 valence electrons. The van der Waals surface area contributed by atoms with Crippen LogP contribution in [0.25, 0.3) is 0 Å². The highest BCUT2D eigenvalue weighted by Gasteiger charge is 2.35. The van der Waals surface area contributed by atoms with E-state index in [1.807, 2.05) is 0 Å². The molecule has 1 heterocycles. The van der Waals surface area contributed by atoms with Crippen molar-refractivity contribution >= 4 is 17.5 Å². The van der Waals surface area contributed by atoms with E-state index in [1.54, 1.807) is 11.0 Å². The lowest BCUT2D eigenvalue weighted by atomic mass is 10.2. The maximum absolute atomic E-state index is 13.0. The Kier molecular flexibility index (Phi) is 5.76. The summed E-state index contributed by atoms with van der Waals surface area (Å²) in [6.45, 7) is -0.908. The summed E-state index contributed by atoms with van der Waals surface area (Å²) in [6.07, 6.45) is -4.36. The second kappa shape index (κ2) is 7.61. The van der Waals surface area contributed by atoms with Crippen LogP contribution < -0.4 is 5.32 Å². The van der Waals surface area contributed by atoms with Crippen LogP contribution in [-0.4, -0.2) is 60.5 Å². The van der Waals surface area contributed by atoms with Gasteiger partial charge in [0.15, 0.2) is 0 Å². The summed E-state index contributed by atoms with van der Waals surface area (Å²) in [7, 11) is 0. The standard InChI is InChI=1S/C15H17F4N3O2/c16-11-2-1-3-12(8-11)20-13(23)4-5-21-6-7-22(14(24)9-21)10-15(17,18)19/h1-3,8H,4-7,9-10H2,(H,20,23). The van der Waals surface area contributed by atoms with Crippen molar-refractivity contribution in [2.24, 2.45) is 0 Å². The maximum atomic E-state index is 13.0. The monoisotopic (exact) mass is 347 g/mol. The van der Waals surface area contributed by atoms with E-state index >= 15 is 0 Å². The van der Waals surface area contributed by atoms with Crippen LogP contribution in [0.3, 0.4) is 0 Å². The largest absolute Gasteiger partial charge is 0.406 e. The number of nitrogens with one attached hydrogen (secondary N) is 1. The van der Waals surface area contributed by atoms with Crippen LogP contribution in [0, 0.1) is 5.82 Å². The molecule has 2 amide bonds. The SMILES string of the molecule is O=C(CCN1CCN(CC(F)(F)F)C(=O)C1)Nc1cccc(F)c1. The van der Waals surface area contributed by atoms with E-state index in [2.05, 4.69) is 5.32 Å². The van der Waals surface area contributed by atoms with E-state index in [4.69, 9.17) is 0 Å². The van der Waals surface area contributed by atoms with Gasteiger partial charge in [0, 0.05) is 31.7 Å². The lowest BCUT2D eigenvalue weighted by Gasteiger charge is -2.34. The van der Waals surface area contributed by atoms with Gasteiger partial charge in [0.25, 0.3) is 0 Å². The minimum Gasteiger partial charge on any atom is -0.331 e. The molecule has 1 aromatic carbocycles. The fraction of sp³-hybridized carbons (Fsp3) is 0.467. The molecule has 5 nitrogen and oxygen atoms in total. The average molecular weight is 347 g/mol. The van der Waals surface area contributed by atoms with Crippen LogP contribution in [0.5, 0.6) is 0 Å². The van der Waals surface area contributed by atoms with Crippen LogP contribution >= 0.6 is 0 Å². The minimum absolute atomic E-state index is 0.0239. The first-order chi connectivity index (χ1) is 11.2. The molecular formula is C15H17F4N3O2. The molecule has 1 aliphatic heterocycles. The van der Waals surface area contributed by atoms with E-state index in [0.29, 0.717) is 5.69 Å². The molecule has 2 rings (SSSR count). The van der Waals surface area contributed by atoms with Crippen molar-refractivity contribution in [1.29, 1.82) is 0 Å². The minimum atomic E-state index is -4.41. The third-order valence-electron chi connectivity index (χ3n) is 3.53. The molecular weight excluding hydrogens is 330 g/mol. The number of rotatable bonds is 5. The van der Waals surface area contributed by atoms with Gasteiger partial charge in [-0.05, 0) is 18.2 Å². The Morgan fingerprint density at radius 1 is 1.25 bits per heavy atom. The fourth-order valence-corrected chi connectivity index (χ4v) is 2.38. The molecule has 24 heavy (non-hydrogen) atoms. The van der Waals surface area contributed by atoms with Gasteiger partial charge in [-0.25, -0.2) is 4.39 Å². The Morgan fingerprint density at radius 2 is 2.00 bits per heavy atom. The van der Waals surface area contributed by atoms with Gasteiger partial charge in [-0.3, -0.25) is 14.5 Å². The van der Waals surface area contributed by atoms with Gasteiger partial charge < -0.3 is 10.2 Å². The van der Waals surface area contributed by atoms with E-state index in [-0.39, 0.29) is 38.5 Å². The van der Waals surface area contributed by atoms with E-state index in [9.17, 15) is 27.2 Å². The lowest BCUT2D eigenvalue weighted by Crippen LogP contribution is -2.53. The number of benzene rings is 1. The van der Waals surface area contributed by atoms with Crippen molar-refractivity contribution in [3.05, 3.63) is 30.1 Å². The maximum Gasteiger partial charge on any atom is 0.406 e. The number of carbonyl (C=O) groups is 2. The molecule has 1 saturated heterocycles. The lowest BCUT2D eigenvalue weighted by molar-refractivity contribution is -0.165. The number of carbonyl (C=O) groups excluding carboxylic acids is 2. The van der Waals surface area contributed by atoms with Gasteiger partial charge in [0.2, 0.25) is 11.8 Å². The second-order valence-corrected chi connectivity index (χ2v) is 5.52. The van der Waals surface area contributed by atoms with Crippen molar-refractivity contribution < 1.29 is 27.2 Å². The molecule has 0 spiro atoms. The smallest absolute Gasteiger partial charge is 0.331 e. The Bertz CT molecular complexity index is 607. The Balaban J connectivity index is 1.75. The number of hydrogen-bond donors (Lipinski definition) is 1. The molecule has 0 radical (unpaired) electrons. The van der Waals surface area contributed by atoms with E-state index < -0.39 is 24.4 Å². The predicted octanol–water partition coefficient (Wildman–Crippen LogP) is 1.86. The highest BCUT2D eigenvalue weighted by molar-refractivity contribution is 5.90. The average Bonchev–Trinajstić information content (AvgIpc) is 2.46. The van der Waals surface area contributed by atoms with Crippen LogP contribution in [0.2, 0.25) is 0 Å². The summed E-state index contributed by atoms with van der Waals surface area (Å²) in [5.74, 6) is -1.44. The molecule has 0 aliphatic carbocycles. The van der Waals surface area contributed by atoms with Gasteiger partial charge in [-0.2, -0.15) is 13.2 Å². The Morgan fingerprint density at radius 3 is 2.62 bits per heavy atom. The van der Waals surface area contributed by atoms with Crippen molar-refractivity contribution in [2.75, 3.05) is 38.0 Å². The molecule has 0 atom stereocenters. The quantitative estimate of drug-likeness (QED) is 0.828. The number of halogens is 4. The number of amides is 2. The number of nitrogens with zero attached hydrogens (tertiary/aromatic N) is 2.